The summed E-state index contributed by atoms with van der Waals surface area (Å²) in [5.74, 6) is -0.723. The third kappa shape index (κ3) is 3.10. The second-order valence-electron chi connectivity index (χ2n) is 5.92. The Kier molecular flexibility index (Phi) is 4.25. The SMILES string of the molecule is CS(=O)(=O)c1ccc(C2=C(c3cccc(C#N)c3)CCC2)cc1F. The first kappa shape index (κ1) is 16.4. The van der Waals surface area contributed by atoms with Crippen LogP contribution in [0.4, 0.5) is 4.39 Å². The first-order chi connectivity index (χ1) is 11.4. The smallest absolute Gasteiger partial charge is 0.178 e. The summed E-state index contributed by atoms with van der Waals surface area (Å²) in [6.45, 7) is 0. The molecule has 0 atom stereocenters. The average Bonchev–Trinajstić information content (AvgIpc) is 3.03. The number of rotatable bonds is 3. The lowest BCUT2D eigenvalue weighted by Gasteiger charge is -2.10. The maximum Gasteiger partial charge on any atom is 0.178 e. The molecule has 1 aliphatic rings. The van der Waals surface area contributed by atoms with Crippen molar-refractivity contribution in [3.8, 4) is 6.07 Å². The summed E-state index contributed by atoms with van der Waals surface area (Å²) in [7, 11) is -3.58. The predicted molar refractivity (Wildman–Crippen MR) is 91.3 cm³/mol. The first-order valence-electron chi connectivity index (χ1n) is 7.62. The van der Waals surface area contributed by atoms with Crippen LogP contribution < -0.4 is 0 Å². The van der Waals surface area contributed by atoms with Gasteiger partial charge in [0.2, 0.25) is 0 Å². The number of nitrogens with zero attached hydrogens (tertiary/aromatic N) is 1. The molecule has 0 radical (unpaired) electrons. The molecule has 0 aromatic heterocycles. The highest BCUT2D eigenvalue weighted by Crippen LogP contribution is 2.40. The lowest BCUT2D eigenvalue weighted by Crippen LogP contribution is -2.01. The van der Waals surface area contributed by atoms with Gasteiger partial charge in [-0.05, 0) is 65.8 Å². The van der Waals surface area contributed by atoms with Gasteiger partial charge in [0, 0.05) is 6.26 Å². The molecule has 0 bridgehead atoms. The van der Waals surface area contributed by atoms with Gasteiger partial charge in [0.05, 0.1) is 11.6 Å². The highest BCUT2D eigenvalue weighted by Gasteiger charge is 2.20. The highest BCUT2D eigenvalue weighted by atomic mass is 32.2. The minimum absolute atomic E-state index is 0.280. The average molecular weight is 341 g/mol. The van der Waals surface area contributed by atoms with E-state index in [1.165, 1.54) is 12.1 Å². The Morgan fingerprint density at radius 3 is 2.29 bits per heavy atom. The van der Waals surface area contributed by atoms with Crippen molar-refractivity contribution in [2.24, 2.45) is 0 Å². The molecule has 0 spiro atoms. The van der Waals surface area contributed by atoms with E-state index in [0.717, 1.165) is 42.2 Å². The van der Waals surface area contributed by atoms with Crippen molar-refractivity contribution in [1.29, 1.82) is 5.26 Å². The van der Waals surface area contributed by atoms with E-state index >= 15 is 0 Å². The minimum atomic E-state index is -3.58. The molecule has 2 aromatic rings. The summed E-state index contributed by atoms with van der Waals surface area (Å²) in [4.78, 5) is -0.280. The monoisotopic (exact) mass is 341 g/mol. The lowest BCUT2D eigenvalue weighted by molar-refractivity contribution is 0.570. The van der Waals surface area contributed by atoms with Crippen molar-refractivity contribution in [2.75, 3.05) is 6.26 Å². The van der Waals surface area contributed by atoms with E-state index in [1.54, 1.807) is 12.1 Å². The van der Waals surface area contributed by atoms with E-state index in [0.29, 0.717) is 11.1 Å². The predicted octanol–water partition coefficient (Wildman–Crippen LogP) is 4.20. The van der Waals surface area contributed by atoms with Crippen LogP contribution in [0.5, 0.6) is 0 Å². The summed E-state index contributed by atoms with van der Waals surface area (Å²) < 4.78 is 37.3. The summed E-state index contributed by atoms with van der Waals surface area (Å²) in [6.07, 6.45) is 3.62. The zero-order valence-corrected chi connectivity index (χ0v) is 14.0. The standard InChI is InChI=1S/C19H16FNO2S/c1-24(22,23)19-9-8-15(11-18(19)20)17-7-3-6-16(17)14-5-2-4-13(10-14)12-21/h2,4-5,8-11H,3,6-7H2,1H3. The Bertz CT molecular complexity index is 985. The van der Waals surface area contributed by atoms with Gasteiger partial charge in [-0.15, -0.1) is 0 Å². The molecule has 0 amide bonds. The number of halogens is 1. The van der Waals surface area contributed by atoms with E-state index in [1.807, 2.05) is 18.2 Å². The number of hydrogen-bond acceptors (Lipinski definition) is 3. The highest BCUT2D eigenvalue weighted by molar-refractivity contribution is 7.90. The normalized spacial score (nSPS) is 14.7. The molecule has 5 heteroatoms. The second-order valence-corrected chi connectivity index (χ2v) is 7.90. The van der Waals surface area contributed by atoms with Gasteiger partial charge in [0.1, 0.15) is 10.7 Å². The lowest BCUT2D eigenvalue weighted by atomic mass is 9.96. The molecule has 3 rings (SSSR count). The number of nitriles is 1. The van der Waals surface area contributed by atoms with Gasteiger partial charge in [0.15, 0.2) is 9.84 Å². The van der Waals surface area contributed by atoms with Gasteiger partial charge in [-0.2, -0.15) is 5.26 Å². The molecule has 1 aliphatic carbocycles. The number of hydrogen-bond donors (Lipinski definition) is 0. The van der Waals surface area contributed by atoms with Gasteiger partial charge in [-0.1, -0.05) is 18.2 Å². The van der Waals surface area contributed by atoms with Gasteiger partial charge >= 0.3 is 0 Å². The molecule has 0 fully saturated rings. The summed E-state index contributed by atoms with van der Waals surface area (Å²) in [5.41, 5.74) is 4.37. The van der Waals surface area contributed by atoms with E-state index in [2.05, 4.69) is 6.07 Å². The van der Waals surface area contributed by atoms with Crippen LogP contribution in [0.2, 0.25) is 0 Å². The van der Waals surface area contributed by atoms with Crippen molar-refractivity contribution in [3.05, 3.63) is 65.0 Å². The maximum absolute atomic E-state index is 14.2. The Balaban J connectivity index is 2.10. The Morgan fingerprint density at radius 1 is 1.04 bits per heavy atom. The Labute approximate surface area is 141 Å². The van der Waals surface area contributed by atoms with Crippen LogP contribution in [-0.2, 0) is 9.84 Å². The molecular formula is C19H16FNO2S. The third-order valence-electron chi connectivity index (χ3n) is 4.24. The summed E-state index contributed by atoms with van der Waals surface area (Å²) in [6, 6.07) is 13.8. The summed E-state index contributed by atoms with van der Waals surface area (Å²) >= 11 is 0. The van der Waals surface area contributed by atoms with Crippen LogP contribution in [0.25, 0.3) is 11.1 Å². The van der Waals surface area contributed by atoms with Crippen LogP contribution in [0.1, 0.15) is 36.0 Å². The molecule has 3 nitrogen and oxygen atoms in total. The first-order valence-corrected chi connectivity index (χ1v) is 9.52. The van der Waals surface area contributed by atoms with Crippen molar-refractivity contribution >= 4 is 21.0 Å². The molecule has 2 aromatic carbocycles. The third-order valence-corrected chi connectivity index (χ3v) is 5.37. The fraction of sp³-hybridized carbons (Fsp3) is 0.211. The molecular weight excluding hydrogens is 325 g/mol. The molecule has 0 heterocycles. The molecule has 0 saturated carbocycles. The Hall–Kier alpha value is -2.45. The van der Waals surface area contributed by atoms with Gasteiger partial charge in [-0.3, -0.25) is 0 Å². The topological polar surface area (TPSA) is 57.9 Å². The second kappa shape index (κ2) is 6.21. The van der Waals surface area contributed by atoms with Gasteiger partial charge in [-0.25, -0.2) is 12.8 Å². The van der Waals surface area contributed by atoms with Crippen molar-refractivity contribution in [3.63, 3.8) is 0 Å². The molecule has 0 aliphatic heterocycles. The van der Waals surface area contributed by atoms with Gasteiger partial charge in [0.25, 0.3) is 0 Å². The van der Waals surface area contributed by atoms with E-state index in [4.69, 9.17) is 5.26 Å². The maximum atomic E-state index is 14.2. The van der Waals surface area contributed by atoms with Crippen molar-refractivity contribution in [2.45, 2.75) is 24.2 Å². The fourth-order valence-corrected chi connectivity index (χ4v) is 3.87. The van der Waals surface area contributed by atoms with Crippen LogP contribution >= 0.6 is 0 Å². The molecule has 122 valence electrons. The molecule has 0 saturated heterocycles. The van der Waals surface area contributed by atoms with Crippen molar-refractivity contribution < 1.29 is 12.8 Å². The van der Waals surface area contributed by atoms with Gasteiger partial charge < -0.3 is 0 Å². The molecule has 24 heavy (non-hydrogen) atoms. The number of allylic oxidation sites excluding steroid dienone is 2. The van der Waals surface area contributed by atoms with Crippen molar-refractivity contribution in [1.82, 2.24) is 0 Å². The van der Waals surface area contributed by atoms with Crippen LogP contribution in [0.15, 0.2) is 47.4 Å². The quantitative estimate of drug-likeness (QED) is 0.841. The zero-order chi connectivity index (χ0) is 17.3. The molecule has 0 N–H and O–H groups in total. The van der Waals surface area contributed by atoms with Crippen LogP contribution in [0.3, 0.4) is 0 Å². The van der Waals surface area contributed by atoms with E-state index in [-0.39, 0.29) is 4.90 Å². The van der Waals surface area contributed by atoms with E-state index < -0.39 is 15.7 Å². The Morgan fingerprint density at radius 2 is 1.71 bits per heavy atom. The fourth-order valence-electron chi connectivity index (χ4n) is 3.15. The van der Waals surface area contributed by atoms with E-state index in [9.17, 15) is 12.8 Å². The number of sulfone groups is 1. The zero-order valence-electron chi connectivity index (χ0n) is 13.2. The minimum Gasteiger partial charge on any atom is -0.224 e. The van der Waals surface area contributed by atoms with Crippen LogP contribution in [-0.4, -0.2) is 14.7 Å². The largest absolute Gasteiger partial charge is 0.224 e. The van der Waals surface area contributed by atoms with Crippen LogP contribution in [0, 0.1) is 17.1 Å². The summed E-state index contributed by atoms with van der Waals surface area (Å²) in [5, 5.41) is 9.06. The molecule has 0 unspecified atom stereocenters. The number of benzene rings is 2.